The van der Waals surface area contributed by atoms with E-state index >= 15 is 0 Å². The van der Waals surface area contributed by atoms with Crippen molar-refractivity contribution in [1.29, 1.82) is 0 Å². The quantitative estimate of drug-likeness (QED) is 0.814. The molecule has 0 atom stereocenters. The van der Waals surface area contributed by atoms with E-state index in [1.807, 2.05) is 36.7 Å². The standard InChI is InChI=1S/C16H23N5O/c1-3-16(4-2,11-17)15(22)20-10-13-6-5-7-19-14(13)21-9-8-18-12-21/h5-9,12H,3-4,10-11,17H2,1-2H3,(H,20,22). The van der Waals surface area contributed by atoms with E-state index in [1.54, 1.807) is 18.7 Å². The van der Waals surface area contributed by atoms with E-state index in [-0.39, 0.29) is 5.91 Å². The van der Waals surface area contributed by atoms with Gasteiger partial charge in [-0.15, -0.1) is 0 Å². The molecule has 0 aliphatic carbocycles. The Balaban J connectivity index is 2.14. The third-order valence-electron chi connectivity index (χ3n) is 4.28. The molecule has 0 aliphatic heterocycles. The number of pyridine rings is 1. The topological polar surface area (TPSA) is 85.8 Å². The number of nitrogens with one attached hydrogen (secondary N) is 1. The van der Waals surface area contributed by atoms with Gasteiger partial charge in [0, 0.05) is 37.2 Å². The zero-order chi connectivity index (χ0) is 16.0. The molecule has 0 fully saturated rings. The highest BCUT2D eigenvalue weighted by molar-refractivity contribution is 5.82. The molecule has 0 saturated carbocycles. The largest absolute Gasteiger partial charge is 0.351 e. The van der Waals surface area contributed by atoms with Crippen LogP contribution < -0.4 is 11.1 Å². The first-order valence-electron chi connectivity index (χ1n) is 7.57. The molecule has 2 aromatic rings. The zero-order valence-electron chi connectivity index (χ0n) is 13.1. The Hall–Kier alpha value is -2.21. The van der Waals surface area contributed by atoms with Gasteiger partial charge in [-0.1, -0.05) is 19.9 Å². The highest BCUT2D eigenvalue weighted by Gasteiger charge is 2.33. The maximum Gasteiger partial charge on any atom is 0.227 e. The van der Waals surface area contributed by atoms with E-state index in [0.717, 1.165) is 24.2 Å². The summed E-state index contributed by atoms with van der Waals surface area (Å²) < 4.78 is 1.83. The average molecular weight is 301 g/mol. The first kappa shape index (κ1) is 16.2. The molecule has 2 rings (SSSR count). The smallest absolute Gasteiger partial charge is 0.227 e. The van der Waals surface area contributed by atoms with Crippen molar-refractivity contribution < 1.29 is 4.79 Å². The van der Waals surface area contributed by atoms with E-state index < -0.39 is 5.41 Å². The monoisotopic (exact) mass is 301 g/mol. The summed E-state index contributed by atoms with van der Waals surface area (Å²) in [5.74, 6) is 0.770. The van der Waals surface area contributed by atoms with Gasteiger partial charge in [0.2, 0.25) is 5.91 Å². The van der Waals surface area contributed by atoms with Crippen LogP contribution in [0, 0.1) is 5.41 Å². The number of amides is 1. The Morgan fingerprint density at radius 3 is 2.73 bits per heavy atom. The summed E-state index contributed by atoms with van der Waals surface area (Å²) in [6.45, 7) is 4.77. The third kappa shape index (κ3) is 3.17. The summed E-state index contributed by atoms with van der Waals surface area (Å²) in [6, 6.07) is 3.81. The van der Waals surface area contributed by atoms with Crippen molar-refractivity contribution in [2.45, 2.75) is 33.2 Å². The number of rotatable bonds is 7. The van der Waals surface area contributed by atoms with Crippen LogP contribution in [0.5, 0.6) is 0 Å². The third-order valence-corrected chi connectivity index (χ3v) is 4.28. The molecule has 0 spiro atoms. The summed E-state index contributed by atoms with van der Waals surface area (Å²) >= 11 is 0. The van der Waals surface area contributed by atoms with Crippen LogP contribution in [0.4, 0.5) is 0 Å². The Kier molecular flexibility index (Phi) is 5.27. The van der Waals surface area contributed by atoms with Gasteiger partial charge in [0.1, 0.15) is 12.1 Å². The van der Waals surface area contributed by atoms with Gasteiger partial charge in [-0.05, 0) is 18.9 Å². The first-order valence-corrected chi connectivity index (χ1v) is 7.57. The van der Waals surface area contributed by atoms with E-state index in [9.17, 15) is 4.79 Å². The number of nitrogens with two attached hydrogens (primary N) is 1. The van der Waals surface area contributed by atoms with Gasteiger partial charge in [-0.25, -0.2) is 9.97 Å². The van der Waals surface area contributed by atoms with Crippen molar-refractivity contribution in [3.63, 3.8) is 0 Å². The molecule has 0 unspecified atom stereocenters. The predicted molar refractivity (Wildman–Crippen MR) is 85.3 cm³/mol. The van der Waals surface area contributed by atoms with Crippen LogP contribution in [-0.2, 0) is 11.3 Å². The normalized spacial score (nSPS) is 11.4. The molecule has 22 heavy (non-hydrogen) atoms. The van der Waals surface area contributed by atoms with Gasteiger partial charge in [-0.2, -0.15) is 0 Å². The molecule has 0 aromatic carbocycles. The van der Waals surface area contributed by atoms with Crippen LogP contribution in [0.3, 0.4) is 0 Å². The number of hydrogen-bond acceptors (Lipinski definition) is 4. The fourth-order valence-corrected chi connectivity index (χ4v) is 2.50. The van der Waals surface area contributed by atoms with Crippen LogP contribution in [0.15, 0.2) is 37.1 Å². The van der Waals surface area contributed by atoms with Crippen LogP contribution in [-0.4, -0.2) is 27.0 Å². The summed E-state index contributed by atoms with van der Waals surface area (Å²) in [6.07, 6.45) is 8.40. The number of nitrogens with zero attached hydrogens (tertiary/aromatic N) is 3. The maximum atomic E-state index is 12.5. The van der Waals surface area contributed by atoms with Gasteiger partial charge in [-0.3, -0.25) is 9.36 Å². The molecule has 0 aliphatic rings. The minimum atomic E-state index is -0.489. The van der Waals surface area contributed by atoms with Crippen LogP contribution in [0.1, 0.15) is 32.3 Å². The molecule has 2 aromatic heterocycles. The average Bonchev–Trinajstić information content (AvgIpc) is 3.09. The molecule has 1 amide bonds. The lowest BCUT2D eigenvalue weighted by molar-refractivity contribution is -0.131. The number of imidazole rings is 1. The molecule has 0 radical (unpaired) electrons. The summed E-state index contributed by atoms with van der Waals surface area (Å²) in [5, 5.41) is 3.00. The van der Waals surface area contributed by atoms with Gasteiger partial charge in [0.25, 0.3) is 0 Å². The van der Waals surface area contributed by atoms with Crippen molar-refractivity contribution in [3.05, 3.63) is 42.6 Å². The lowest BCUT2D eigenvalue weighted by Gasteiger charge is -2.28. The Bertz CT molecular complexity index is 596. The van der Waals surface area contributed by atoms with Crippen LogP contribution >= 0.6 is 0 Å². The van der Waals surface area contributed by atoms with Crippen molar-refractivity contribution >= 4 is 5.91 Å². The minimum absolute atomic E-state index is 0.000402. The van der Waals surface area contributed by atoms with E-state index in [1.165, 1.54) is 0 Å². The molecular formula is C16H23N5O. The first-order chi connectivity index (χ1) is 10.7. The van der Waals surface area contributed by atoms with E-state index in [2.05, 4.69) is 15.3 Å². The molecular weight excluding hydrogens is 278 g/mol. The molecule has 3 N–H and O–H groups in total. The molecule has 6 heteroatoms. The summed E-state index contributed by atoms with van der Waals surface area (Å²) in [5.41, 5.74) is 6.27. The fraction of sp³-hybridized carbons (Fsp3) is 0.438. The summed E-state index contributed by atoms with van der Waals surface area (Å²) in [4.78, 5) is 20.9. The van der Waals surface area contributed by atoms with Gasteiger partial charge in [0.05, 0.1) is 5.41 Å². The second-order valence-electron chi connectivity index (χ2n) is 5.33. The minimum Gasteiger partial charge on any atom is -0.351 e. The molecule has 2 heterocycles. The molecule has 0 saturated heterocycles. The fourth-order valence-electron chi connectivity index (χ4n) is 2.50. The van der Waals surface area contributed by atoms with Crippen molar-refractivity contribution in [3.8, 4) is 5.82 Å². The number of aromatic nitrogens is 3. The van der Waals surface area contributed by atoms with Gasteiger partial charge < -0.3 is 11.1 Å². The summed E-state index contributed by atoms with van der Waals surface area (Å²) in [7, 11) is 0. The molecule has 118 valence electrons. The lowest BCUT2D eigenvalue weighted by atomic mass is 9.81. The van der Waals surface area contributed by atoms with Crippen molar-refractivity contribution in [1.82, 2.24) is 19.9 Å². The second-order valence-corrected chi connectivity index (χ2v) is 5.33. The van der Waals surface area contributed by atoms with Crippen LogP contribution in [0.2, 0.25) is 0 Å². The number of carbonyl (C=O) groups excluding carboxylic acids is 1. The van der Waals surface area contributed by atoms with E-state index in [4.69, 9.17) is 5.73 Å². The highest BCUT2D eigenvalue weighted by Crippen LogP contribution is 2.25. The van der Waals surface area contributed by atoms with Crippen LogP contribution in [0.25, 0.3) is 5.82 Å². The molecule has 0 bridgehead atoms. The van der Waals surface area contributed by atoms with Crippen molar-refractivity contribution in [2.24, 2.45) is 11.1 Å². The Morgan fingerprint density at radius 2 is 2.14 bits per heavy atom. The Morgan fingerprint density at radius 1 is 1.36 bits per heavy atom. The Labute approximate surface area is 130 Å². The maximum absolute atomic E-state index is 12.5. The highest BCUT2D eigenvalue weighted by atomic mass is 16.2. The number of hydrogen-bond donors (Lipinski definition) is 2. The lowest BCUT2D eigenvalue weighted by Crippen LogP contribution is -2.45. The number of carbonyl (C=O) groups is 1. The van der Waals surface area contributed by atoms with Gasteiger partial charge >= 0.3 is 0 Å². The predicted octanol–water partition coefficient (Wildman–Crippen LogP) is 1.65. The molecule has 6 nitrogen and oxygen atoms in total. The SMILES string of the molecule is CCC(CC)(CN)C(=O)NCc1cccnc1-n1ccnc1. The second kappa shape index (κ2) is 7.17. The van der Waals surface area contributed by atoms with Crippen molar-refractivity contribution in [2.75, 3.05) is 6.54 Å². The van der Waals surface area contributed by atoms with Gasteiger partial charge in [0.15, 0.2) is 0 Å². The zero-order valence-corrected chi connectivity index (χ0v) is 13.1. The van der Waals surface area contributed by atoms with E-state index in [0.29, 0.717) is 13.1 Å².